The molecule has 2 N–H and O–H groups in total. The van der Waals surface area contributed by atoms with E-state index in [0.717, 1.165) is 16.3 Å². The van der Waals surface area contributed by atoms with Gasteiger partial charge in [-0.25, -0.2) is 9.45 Å². The van der Waals surface area contributed by atoms with Crippen LogP contribution >= 0.6 is 0 Å². The Balaban J connectivity index is 1.62. The van der Waals surface area contributed by atoms with E-state index < -0.39 is 5.41 Å². The van der Waals surface area contributed by atoms with E-state index in [1.165, 1.54) is 6.07 Å². The van der Waals surface area contributed by atoms with E-state index in [2.05, 4.69) is 5.32 Å². The summed E-state index contributed by atoms with van der Waals surface area (Å²) in [7, 11) is 0. The van der Waals surface area contributed by atoms with E-state index in [-0.39, 0.29) is 23.7 Å². The highest BCUT2D eigenvalue weighted by Gasteiger charge is 2.38. The first-order valence-electron chi connectivity index (χ1n) is 10.3. The third kappa shape index (κ3) is 5.18. The predicted molar refractivity (Wildman–Crippen MR) is 115 cm³/mol. The number of hydroxylamine groups is 2. The van der Waals surface area contributed by atoms with Gasteiger partial charge in [0.25, 0.3) is 5.91 Å². The number of rotatable bonds is 5. The summed E-state index contributed by atoms with van der Waals surface area (Å²) in [6.45, 7) is 9.00. The Morgan fingerprint density at radius 1 is 1.13 bits per heavy atom. The number of hydrogen-bond acceptors (Lipinski definition) is 4. The zero-order valence-electron chi connectivity index (χ0n) is 18.2. The highest BCUT2D eigenvalue weighted by molar-refractivity contribution is 5.81. The molecule has 2 aromatic rings. The number of carbonyl (C=O) groups is 1. The van der Waals surface area contributed by atoms with Crippen LogP contribution in [0.15, 0.2) is 42.5 Å². The van der Waals surface area contributed by atoms with Gasteiger partial charge in [0, 0.05) is 24.6 Å². The van der Waals surface area contributed by atoms with Crippen molar-refractivity contribution in [3.05, 3.63) is 59.4 Å². The van der Waals surface area contributed by atoms with Crippen molar-refractivity contribution in [3.63, 3.8) is 0 Å². The Hall–Kier alpha value is -2.44. The number of anilines is 2. The van der Waals surface area contributed by atoms with E-state index in [4.69, 9.17) is 4.74 Å². The SMILES string of the molecule is CC1(C(=O)N(O)Cc2ccc(Nc3ccc(C(C)(C)C)c(F)c3)cc2)CCOCC1. The van der Waals surface area contributed by atoms with Crippen LogP contribution in [0.25, 0.3) is 0 Å². The van der Waals surface area contributed by atoms with Crippen LogP contribution in [0, 0.1) is 11.2 Å². The number of nitrogens with zero attached hydrogens (tertiary/aromatic N) is 1. The largest absolute Gasteiger partial charge is 0.381 e. The maximum absolute atomic E-state index is 14.4. The first kappa shape index (κ1) is 22.2. The lowest BCUT2D eigenvalue weighted by Gasteiger charge is -2.34. The molecular formula is C24H31FN2O3. The van der Waals surface area contributed by atoms with Crippen molar-refractivity contribution >= 4 is 17.3 Å². The van der Waals surface area contributed by atoms with Gasteiger partial charge in [0.2, 0.25) is 0 Å². The average molecular weight is 415 g/mol. The summed E-state index contributed by atoms with van der Waals surface area (Å²) in [5.74, 6) is -0.512. The summed E-state index contributed by atoms with van der Waals surface area (Å²) in [4.78, 5) is 12.6. The summed E-state index contributed by atoms with van der Waals surface area (Å²) in [5.41, 5.74) is 2.11. The monoisotopic (exact) mass is 414 g/mol. The van der Waals surface area contributed by atoms with Crippen molar-refractivity contribution in [2.75, 3.05) is 18.5 Å². The maximum Gasteiger partial charge on any atom is 0.252 e. The Morgan fingerprint density at radius 2 is 1.73 bits per heavy atom. The van der Waals surface area contributed by atoms with Gasteiger partial charge in [0.15, 0.2) is 0 Å². The molecule has 2 aromatic carbocycles. The van der Waals surface area contributed by atoms with Crippen LogP contribution in [0.3, 0.4) is 0 Å². The van der Waals surface area contributed by atoms with E-state index in [1.807, 2.05) is 58.0 Å². The molecule has 1 heterocycles. The Morgan fingerprint density at radius 3 is 2.30 bits per heavy atom. The number of halogens is 1. The van der Waals surface area contributed by atoms with Crippen LogP contribution in [-0.4, -0.2) is 29.4 Å². The first-order chi connectivity index (χ1) is 14.1. The van der Waals surface area contributed by atoms with Crippen molar-refractivity contribution in [2.45, 2.75) is 52.5 Å². The second-order valence-electron chi connectivity index (χ2n) is 9.30. The van der Waals surface area contributed by atoms with Gasteiger partial charge in [0.1, 0.15) is 5.82 Å². The van der Waals surface area contributed by atoms with Gasteiger partial charge in [0.05, 0.1) is 12.0 Å². The van der Waals surface area contributed by atoms with Gasteiger partial charge in [-0.2, -0.15) is 0 Å². The van der Waals surface area contributed by atoms with E-state index in [1.54, 1.807) is 6.07 Å². The Labute approximate surface area is 177 Å². The zero-order valence-corrected chi connectivity index (χ0v) is 18.2. The molecule has 162 valence electrons. The number of carbonyl (C=O) groups excluding carboxylic acids is 1. The number of amides is 1. The quantitative estimate of drug-likeness (QED) is 0.508. The van der Waals surface area contributed by atoms with Crippen molar-refractivity contribution in [2.24, 2.45) is 5.41 Å². The highest BCUT2D eigenvalue weighted by Crippen LogP contribution is 2.32. The topological polar surface area (TPSA) is 61.8 Å². The van der Waals surface area contributed by atoms with Gasteiger partial charge >= 0.3 is 0 Å². The van der Waals surface area contributed by atoms with Gasteiger partial charge in [-0.15, -0.1) is 0 Å². The summed E-state index contributed by atoms with van der Waals surface area (Å²) < 4.78 is 19.7. The Bertz CT molecular complexity index is 884. The summed E-state index contributed by atoms with van der Waals surface area (Å²) in [6, 6.07) is 12.5. The maximum atomic E-state index is 14.4. The van der Waals surface area contributed by atoms with Crippen molar-refractivity contribution in [1.82, 2.24) is 5.06 Å². The lowest BCUT2D eigenvalue weighted by Crippen LogP contribution is -2.43. The molecule has 0 unspecified atom stereocenters. The van der Waals surface area contributed by atoms with E-state index >= 15 is 0 Å². The molecule has 0 saturated carbocycles. The predicted octanol–water partition coefficient (Wildman–Crippen LogP) is 5.40. The minimum absolute atomic E-state index is 0.116. The van der Waals surface area contributed by atoms with Crippen molar-refractivity contribution in [3.8, 4) is 0 Å². The fourth-order valence-corrected chi connectivity index (χ4v) is 3.65. The number of nitrogens with one attached hydrogen (secondary N) is 1. The van der Waals surface area contributed by atoms with Crippen LogP contribution in [0.1, 0.15) is 51.7 Å². The third-order valence-electron chi connectivity index (χ3n) is 5.70. The molecule has 3 rings (SSSR count). The second kappa shape index (κ2) is 8.74. The molecule has 0 aromatic heterocycles. The summed E-state index contributed by atoms with van der Waals surface area (Å²) in [6.07, 6.45) is 1.21. The second-order valence-corrected chi connectivity index (χ2v) is 9.30. The summed E-state index contributed by atoms with van der Waals surface area (Å²) in [5, 5.41) is 14.3. The minimum atomic E-state index is -0.586. The zero-order chi connectivity index (χ0) is 21.9. The smallest absolute Gasteiger partial charge is 0.252 e. The average Bonchev–Trinajstić information content (AvgIpc) is 2.68. The van der Waals surface area contributed by atoms with Crippen LogP contribution in [0.5, 0.6) is 0 Å². The van der Waals surface area contributed by atoms with Crippen LogP contribution in [0.4, 0.5) is 15.8 Å². The van der Waals surface area contributed by atoms with Gasteiger partial charge in [-0.05, 0) is 53.6 Å². The van der Waals surface area contributed by atoms with Crippen molar-refractivity contribution in [1.29, 1.82) is 0 Å². The standard InChI is InChI=1S/C24H31FN2O3/c1-23(2,3)20-10-9-19(15-21(20)25)26-18-7-5-17(6-8-18)16-27(29)22(28)24(4)11-13-30-14-12-24/h5-10,15,26,29H,11-14,16H2,1-4H3. The van der Waals surface area contributed by atoms with Gasteiger partial charge < -0.3 is 10.1 Å². The van der Waals surface area contributed by atoms with Crippen LogP contribution in [0.2, 0.25) is 0 Å². The van der Waals surface area contributed by atoms with Crippen LogP contribution in [-0.2, 0) is 21.5 Å². The molecule has 1 aliphatic heterocycles. The molecule has 1 amide bonds. The number of benzene rings is 2. The fraction of sp³-hybridized carbons (Fsp3) is 0.458. The molecule has 1 fully saturated rings. The molecular weight excluding hydrogens is 383 g/mol. The lowest BCUT2D eigenvalue weighted by atomic mass is 9.81. The molecule has 1 saturated heterocycles. The highest BCUT2D eigenvalue weighted by atomic mass is 19.1. The van der Waals surface area contributed by atoms with E-state index in [9.17, 15) is 14.4 Å². The van der Waals surface area contributed by atoms with E-state index in [0.29, 0.717) is 37.3 Å². The van der Waals surface area contributed by atoms with Crippen LogP contribution < -0.4 is 5.32 Å². The molecule has 0 aliphatic carbocycles. The van der Waals surface area contributed by atoms with Gasteiger partial charge in [-0.1, -0.05) is 45.9 Å². The molecule has 5 nitrogen and oxygen atoms in total. The molecule has 0 spiro atoms. The molecule has 6 heteroatoms. The summed E-state index contributed by atoms with van der Waals surface area (Å²) >= 11 is 0. The third-order valence-corrected chi connectivity index (χ3v) is 5.70. The molecule has 0 radical (unpaired) electrons. The fourth-order valence-electron chi connectivity index (χ4n) is 3.65. The molecule has 0 bridgehead atoms. The molecule has 30 heavy (non-hydrogen) atoms. The number of ether oxygens (including phenoxy) is 1. The van der Waals surface area contributed by atoms with Crippen molar-refractivity contribution < 1.29 is 19.1 Å². The number of hydrogen-bond donors (Lipinski definition) is 2. The molecule has 1 aliphatic rings. The minimum Gasteiger partial charge on any atom is -0.381 e. The Kier molecular flexibility index (Phi) is 6.48. The van der Waals surface area contributed by atoms with Gasteiger partial charge in [-0.3, -0.25) is 10.0 Å². The molecule has 0 atom stereocenters. The lowest BCUT2D eigenvalue weighted by molar-refractivity contribution is -0.183. The first-order valence-corrected chi connectivity index (χ1v) is 10.3. The normalized spacial score (nSPS) is 16.2.